The SMILES string of the molecule is CC(Cn1ccnc1)NC(=O)c1nc(N)n[nH]1. The summed E-state index contributed by atoms with van der Waals surface area (Å²) in [6.07, 6.45) is 5.20. The second kappa shape index (κ2) is 4.64. The molecule has 0 saturated heterocycles. The zero-order chi connectivity index (χ0) is 12.3. The second-order valence-corrected chi connectivity index (χ2v) is 3.68. The standard InChI is InChI=1S/C9H13N7O/c1-6(4-16-3-2-11-5-16)12-8(17)7-13-9(10)15-14-7/h2-3,5-6H,4H2,1H3,(H,12,17)(H3,10,13,14,15). The van der Waals surface area contributed by atoms with Crippen LogP contribution < -0.4 is 11.1 Å². The topological polar surface area (TPSA) is 115 Å². The number of H-pyrrole nitrogens is 1. The van der Waals surface area contributed by atoms with Crippen molar-refractivity contribution in [2.75, 3.05) is 5.73 Å². The normalized spacial score (nSPS) is 12.3. The number of nitrogens with zero attached hydrogens (tertiary/aromatic N) is 4. The van der Waals surface area contributed by atoms with Crippen LogP contribution in [0.1, 0.15) is 17.5 Å². The number of nitrogen functional groups attached to an aromatic ring is 1. The summed E-state index contributed by atoms with van der Waals surface area (Å²) in [5.74, 6) is -0.167. The van der Waals surface area contributed by atoms with E-state index in [2.05, 4.69) is 25.5 Å². The molecule has 17 heavy (non-hydrogen) atoms. The van der Waals surface area contributed by atoms with E-state index in [4.69, 9.17) is 5.73 Å². The van der Waals surface area contributed by atoms with Gasteiger partial charge in [-0.05, 0) is 6.92 Å². The fourth-order valence-corrected chi connectivity index (χ4v) is 1.43. The lowest BCUT2D eigenvalue weighted by Gasteiger charge is -2.12. The third-order valence-corrected chi connectivity index (χ3v) is 2.14. The molecule has 0 aliphatic carbocycles. The summed E-state index contributed by atoms with van der Waals surface area (Å²) in [5, 5.41) is 8.81. The first-order valence-corrected chi connectivity index (χ1v) is 5.09. The molecule has 90 valence electrons. The molecule has 2 rings (SSSR count). The van der Waals surface area contributed by atoms with Gasteiger partial charge in [0.2, 0.25) is 11.8 Å². The summed E-state index contributed by atoms with van der Waals surface area (Å²) in [7, 11) is 0. The largest absolute Gasteiger partial charge is 0.366 e. The molecule has 8 nitrogen and oxygen atoms in total. The van der Waals surface area contributed by atoms with Gasteiger partial charge in [-0.25, -0.2) is 4.98 Å². The summed E-state index contributed by atoms with van der Waals surface area (Å²) in [6.45, 7) is 2.52. The number of nitrogens with one attached hydrogen (secondary N) is 2. The highest BCUT2D eigenvalue weighted by Crippen LogP contribution is 1.96. The van der Waals surface area contributed by atoms with Crippen LogP contribution in [-0.4, -0.2) is 36.7 Å². The molecule has 0 saturated carbocycles. The van der Waals surface area contributed by atoms with Crippen molar-refractivity contribution in [2.45, 2.75) is 19.5 Å². The minimum absolute atomic E-state index is 0.0528. The highest BCUT2D eigenvalue weighted by molar-refractivity contribution is 5.90. The summed E-state index contributed by atoms with van der Waals surface area (Å²) >= 11 is 0. The molecule has 1 amide bonds. The van der Waals surface area contributed by atoms with E-state index in [-0.39, 0.29) is 23.7 Å². The molecule has 0 radical (unpaired) electrons. The van der Waals surface area contributed by atoms with Crippen molar-refractivity contribution in [1.29, 1.82) is 0 Å². The van der Waals surface area contributed by atoms with Crippen molar-refractivity contribution in [3.05, 3.63) is 24.5 Å². The molecular weight excluding hydrogens is 222 g/mol. The molecule has 0 aliphatic heterocycles. The van der Waals surface area contributed by atoms with Gasteiger partial charge in [0.1, 0.15) is 0 Å². The number of hydrogen-bond donors (Lipinski definition) is 3. The van der Waals surface area contributed by atoms with Gasteiger partial charge >= 0.3 is 0 Å². The van der Waals surface area contributed by atoms with Gasteiger partial charge < -0.3 is 15.6 Å². The van der Waals surface area contributed by atoms with E-state index in [1.54, 1.807) is 12.5 Å². The first-order valence-electron chi connectivity index (χ1n) is 5.09. The third kappa shape index (κ3) is 2.80. The Morgan fingerprint density at radius 1 is 1.71 bits per heavy atom. The molecule has 2 aromatic rings. The quantitative estimate of drug-likeness (QED) is 0.654. The number of imidazole rings is 1. The molecule has 8 heteroatoms. The Labute approximate surface area is 97.3 Å². The van der Waals surface area contributed by atoms with Crippen LogP contribution in [0, 0.1) is 0 Å². The number of anilines is 1. The molecule has 1 unspecified atom stereocenters. The summed E-state index contributed by atoms with van der Waals surface area (Å²) in [4.78, 5) is 19.3. The Balaban J connectivity index is 1.90. The van der Waals surface area contributed by atoms with E-state index < -0.39 is 0 Å². The number of nitrogens with two attached hydrogens (primary N) is 1. The fraction of sp³-hybridized carbons (Fsp3) is 0.333. The second-order valence-electron chi connectivity index (χ2n) is 3.68. The maximum atomic E-state index is 11.7. The van der Waals surface area contributed by atoms with Gasteiger partial charge in [0.05, 0.1) is 6.33 Å². The van der Waals surface area contributed by atoms with Crippen LogP contribution in [0.3, 0.4) is 0 Å². The molecular formula is C9H13N7O. The first-order chi connectivity index (χ1) is 8.15. The molecule has 2 heterocycles. The summed E-state index contributed by atoms with van der Waals surface area (Å²) in [5.41, 5.74) is 5.31. The lowest BCUT2D eigenvalue weighted by Crippen LogP contribution is -2.36. The minimum Gasteiger partial charge on any atom is -0.366 e. The molecule has 0 aromatic carbocycles. The Kier molecular flexibility index (Phi) is 3.03. The predicted molar refractivity (Wildman–Crippen MR) is 60.0 cm³/mol. The number of rotatable bonds is 4. The van der Waals surface area contributed by atoms with E-state index in [9.17, 15) is 4.79 Å². The molecule has 0 fully saturated rings. The zero-order valence-corrected chi connectivity index (χ0v) is 9.29. The lowest BCUT2D eigenvalue weighted by atomic mass is 10.3. The highest BCUT2D eigenvalue weighted by Gasteiger charge is 2.13. The molecule has 0 aliphatic rings. The van der Waals surface area contributed by atoms with Crippen molar-refractivity contribution >= 4 is 11.9 Å². The number of carbonyl (C=O) groups excluding carboxylic acids is 1. The van der Waals surface area contributed by atoms with E-state index >= 15 is 0 Å². The summed E-state index contributed by atoms with van der Waals surface area (Å²) < 4.78 is 1.87. The predicted octanol–water partition coefficient (Wildman–Crippen LogP) is -0.598. The van der Waals surface area contributed by atoms with Gasteiger partial charge in [0, 0.05) is 25.0 Å². The number of carbonyl (C=O) groups is 1. The Morgan fingerprint density at radius 2 is 2.53 bits per heavy atom. The van der Waals surface area contributed by atoms with Gasteiger partial charge in [0.25, 0.3) is 5.91 Å². The number of amides is 1. The van der Waals surface area contributed by atoms with Crippen LogP contribution in [-0.2, 0) is 6.54 Å². The average Bonchev–Trinajstić information content (AvgIpc) is 2.89. The maximum Gasteiger partial charge on any atom is 0.288 e. The van der Waals surface area contributed by atoms with Crippen molar-refractivity contribution in [3.63, 3.8) is 0 Å². The van der Waals surface area contributed by atoms with Gasteiger partial charge in [-0.1, -0.05) is 0 Å². The van der Waals surface area contributed by atoms with Crippen molar-refractivity contribution in [3.8, 4) is 0 Å². The fourth-order valence-electron chi connectivity index (χ4n) is 1.43. The number of hydrogen-bond acceptors (Lipinski definition) is 5. The summed E-state index contributed by atoms with van der Waals surface area (Å²) in [6, 6.07) is -0.0528. The first kappa shape index (κ1) is 11.1. The van der Waals surface area contributed by atoms with Crippen LogP contribution >= 0.6 is 0 Å². The molecule has 2 aromatic heterocycles. The van der Waals surface area contributed by atoms with E-state index in [1.807, 2.05) is 17.7 Å². The maximum absolute atomic E-state index is 11.7. The van der Waals surface area contributed by atoms with Crippen molar-refractivity contribution in [1.82, 2.24) is 30.0 Å². The van der Waals surface area contributed by atoms with Gasteiger partial charge in [-0.2, -0.15) is 4.98 Å². The Hall–Kier alpha value is -2.38. The van der Waals surface area contributed by atoms with Gasteiger partial charge in [-0.15, -0.1) is 5.10 Å². The lowest BCUT2D eigenvalue weighted by molar-refractivity contribution is 0.0926. The Morgan fingerprint density at radius 3 is 3.12 bits per heavy atom. The van der Waals surface area contributed by atoms with Crippen LogP contribution in [0.15, 0.2) is 18.7 Å². The average molecular weight is 235 g/mol. The monoisotopic (exact) mass is 235 g/mol. The van der Waals surface area contributed by atoms with Gasteiger partial charge in [0.15, 0.2) is 0 Å². The number of aromatic nitrogens is 5. The van der Waals surface area contributed by atoms with Crippen LogP contribution in [0.5, 0.6) is 0 Å². The zero-order valence-electron chi connectivity index (χ0n) is 9.29. The van der Waals surface area contributed by atoms with Crippen LogP contribution in [0.4, 0.5) is 5.95 Å². The Bertz CT molecular complexity index is 489. The van der Waals surface area contributed by atoms with Crippen molar-refractivity contribution in [2.24, 2.45) is 0 Å². The van der Waals surface area contributed by atoms with Crippen LogP contribution in [0.2, 0.25) is 0 Å². The van der Waals surface area contributed by atoms with Gasteiger partial charge in [-0.3, -0.25) is 9.89 Å². The number of aromatic amines is 1. The molecule has 4 N–H and O–H groups in total. The van der Waals surface area contributed by atoms with Crippen molar-refractivity contribution < 1.29 is 4.79 Å². The molecule has 1 atom stereocenters. The molecule has 0 spiro atoms. The highest BCUT2D eigenvalue weighted by atomic mass is 16.2. The minimum atomic E-state index is -0.332. The van der Waals surface area contributed by atoms with E-state index in [1.165, 1.54) is 0 Å². The van der Waals surface area contributed by atoms with E-state index in [0.717, 1.165) is 0 Å². The van der Waals surface area contributed by atoms with Crippen LogP contribution in [0.25, 0.3) is 0 Å². The smallest absolute Gasteiger partial charge is 0.288 e. The third-order valence-electron chi connectivity index (χ3n) is 2.14. The molecule has 0 bridgehead atoms. The van der Waals surface area contributed by atoms with E-state index in [0.29, 0.717) is 6.54 Å².